The lowest BCUT2D eigenvalue weighted by atomic mass is 9.87. The van der Waals surface area contributed by atoms with Crippen LogP contribution in [0.25, 0.3) is 11.4 Å². The first-order valence-electron chi connectivity index (χ1n) is 6.22. The molecule has 0 amide bonds. The van der Waals surface area contributed by atoms with Crippen LogP contribution >= 0.6 is 0 Å². The predicted molar refractivity (Wildman–Crippen MR) is 76.0 cm³/mol. The van der Waals surface area contributed by atoms with Crippen LogP contribution in [0.2, 0.25) is 0 Å². The lowest BCUT2D eigenvalue weighted by Gasteiger charge is -2.19. The van der Waals surface area contributed by atoms with Crippen molar-refractivity contribution in [3.05, 3.63) is 51.9 Å². The Morgan fingerprint density at radius 2 is 1.80 bits per heavy atom. The van der Waals surface area contributed by atoms with E-state index in [1.807, 2.05) is 24.3 Å². The van der Waals surface area contributed by atoms with Gasteiger partial charge in [0.1, 0.15) is 11.4 Å². The van der Waals surface area contributed by atoms with E-state index in [9.17, 15) is 9.59 Å². The Bertz CT molecular complexity index is 694. The van der Waals surface area contributed by atoms with E-state index >= 15 is 0 Å². The van der Waals surface area contributed by atoms with Crippen LogP contribution in [0.1, 0.15) is 36.7 Å². The molecule has 2 rings (SSSR count). The summed E-state index contributed by atoms with van der Waals surface area (Å²) in [5.74, 6) is -0.922. The topological polar surface area (TPSA) is 83.0 Å². The van der Waals surface area contributed by atoms with Crippen LogP contribution in [-0.2, 0) is 5.41 Å². The quantitative estimate of drug-likeness (QED) is 0.879. The van der Waals surface area contributed by atoms with Gasteiger partial charge in [0.2, 0.25) is 0 Å². The second-order valence-corrected chi connectivity index (χ2v) is 5.61. The van der Waals surface area contributed by atoms with E-state index in [0.29, 0.717) is 5.82 Å². The Kier molecular flexibility index (Phi) is 3.44. The first-order valence-corrected chi connectivity index (χ1v) is 6.22. The number of nitrogens with zero attached hydrogens (tertiary/aromatic N) is 1. The minimum atomic E-state index is -1.28. The van der Waals surface area contributed by atoms with Gasteiger partial charge in [0.25, 0.3) is 5.56 Å². The molecule has 5 nitrogen and oxygen atoms in total. The van der Waals surface area contributed by atoms with Crippen LogP contribution in [-0.4, -0.2) is 21.0 Å². The molecule has 1 aromatic carbocycles. The monoisotopic (exact) mass is 272 g/mol. The predicted octanol–water partition coefficient (Wildman–Crippen LogP) is 2.43. The third kappa shape index (κ3) is 2.77. The average molecular weight is 272 g/mol. The highest BCUT2D eigenvalue weighted by Crippen LogP contribution is 2.24. The molecule has 0 saturated carbocycles. The van der Waals surface area contributed by atoms with E-state index in [0.717, 1.165) is 11.8 Å². The normalized spacial score (nSPS) is 11.3. The molecule has 5 heteroatoms. The molecule has 1 aromatic heterocycles. The number of nitrogens with one attached hydrogen (secondary N) is 1. The van der Waals surface area contributed by atoms with Crippen molar-refractivity contribution in [2.45, 2.75) is 26.2 Å². The summed E-state index contributed by atoms with van der Waals surface area (Å²) in [6, 6.07) is 7.67. The molecule has 0 fully saturated rings. The smallest absolute Gasteiger partial charge is 0.342 e. The molecular weight excluding hydrogens is 256 g/mol. The van der Waals surface area contributed by atoms with E-state index in [2.05, 4.69) is 30.7 Å². The Morgan fingerprint density at radius 1 is 1.20 bits per heavy atom. The first-order chi connectivity index (χ1) is 9.29. The van der Waals surface area contributed by atoms with E-state index in [1.165, 1.54) is 5.56 Å². The molecule has 2 N–H and O–H groups in total. The summed E-state index contributed by atoms with van der Waals surface area (Å²) in [6.07, 6.45) is 1.08. The number of benzene rings is 1. The van der Waals surface area contributed by atoms with E-state index in [1.54, 1.807) is 0 Å². The number of aromatic carboxylic acids is 1. The highest BCUT2D eigenvalue weighted by Gasteiger charge is 2.14. The maximum absolute atomic E-state index is 11.6. The van der Waals surface area contributed by atoms with Gasteiger partial charge in [-0.3, -0.25) is 4.79 Å². The molecule has 104 valence electrons. The third-order valence-corrected chi connectivity index (χ3v) is 3.05. The highest BCUT2D eigenvalue weighted by molar-refractivity contribution is 5.86. The van der Waals surface area contributed by atoms with Crippen molar-refractivity contribution in [1.29, 1.82) is 0 Å². The van der Waals surface area contributed by atoms with Crippen LogP contribution < -0.4 is 5.56 Å². The molecular formula is C15H16N2O3. The molecule has 0 atom stereocenters. The van der Waals surface area contributed by atoms with Crippen LogP contribution in [0, 0.1) is 0 Å². The number of carboxylic acids is 1. The van der Waals surface area contributed by atoms with Gasteiger partial charge in [-0.25, -0.2) is 9.78 Å². The van der Waals surface area contributed by atoms with Gasteiger partial charge in [0.15, 0.2) is 0 Å². The Labute approximate surface area is 116 Å². The molecule has 0 unspecified atom stereocenters. The van der Waals surface area contributed by atoms with Crippen LogP contribution in [0.15, 0.2) is 35.3 Å². The lowest BCUT2D eigenvalue weighted by Crippen LogP contribution is -2.18. The van der Waals surface area contributed by atoms with Crippen molar-refractivity contribution in [2.24, 2.45) is 0 Å². The molecule has 0 aliphatic heterocycles. The van der Waals surface area contributed by atoms with E-state index in [4.69, 9.17) is 5.11 Å². The number of hydrogen-bond donors (Lipinski definition) is 2. The fourth-order valence-corrected chi connectivity index (χ4v) is 1.82. The van der Waals surface area contributed by atoms with Crippen LogP contribution in [0.5, 0.6) is 0 Å². The van der Waals surface area contributed by atoms with Crippen molar-refractivity contribution in [3.8, 4) is 11.4 Å². The molecule has 0 spiro atoms. The SMILES string of the molecule is CC(C)(C)c1ccc(-c2ncc(C(=O)O)c(=O)[nH]2)cc1. The second kappa shape index (κ2) is 4.92. The van der Waals surface area contributed by atoms with Gasteiger partial charge < -0.3 is 10.1 Å². The number of rotatable bonds is 2. The summed E-state index contributed by atoms with van der Waals surface area (Å²) in [5, 5.41) is 8.79. The van der Waals surface area contributed by atoms with Crippen molar-refractivity contribution in [1.82, 2.24) is 9.97 Å². The average Bonchev–Trinajstić information content (AvgIpc) is 2.37. The zero-order valence-electron chi connectivity index (χ0n) is 11.6. The zero-order chi connectivity index (χ0) is 14.9. The van der Waals surface area contributed by atoms with Gasteiger partial charge >= 0.3 is 5.97 Å². The summed E-state index contributed by atoms with van der Waals surface area (Å²) in [4.78, 5) is 28.8. The van der Waals surface area contributed by atoms with Gasteiger partial charge in [0, 0.05) is 11.8 Å². The maximum Gasteiger partial charge on any atom is 0.342 e. The second-order valence-electron chi connectivity index (χ2n) is 5.61. The maximum atomic E-state index is 11.6. The minimum Gasteiger partial charge on any atom is -0.477 e. The fourth-order valence-electron chi connectivity index (χ4n) is 1.82. The summed E-state index contributed by atoms with van der Waals surface area (Å²) < 4.78 is 0. The molecule has 0 radical (unpaired) electrons. The fraction of sp³-hybridized carbons (Fsp3) is 0.267. The Hall–Kier alpha value is -2.43. The van der Waals surface area contributed by atoms with Crippen molar-refractivity contribution >= 4 is 5.97 Å². The van der Waals surface area contributed by atoms with Crippen molar-refractivity contribution < 1.29 is 9.90 Å². The summed E-state index contributed by atoms with van der Waals surface area (Å²) in [6.45, 7) is 6.34. The lowest BCUT2D eigenvalue weighted by molar-refractivity contribution is 0.0694. The first kappa shape index (κ1) is 14.0. The van der Waals surface area contributed by atoms with E-state index in [-0.39, 0.29) is 11.0 Å². The Morgan fingerprint density at radius 3 is 2.25 bits per heavy atom. The largest absolute Gasteiger partial charge is 0.477 e. The Balaban J connectivity index is 2.40. The van der Waals surface area contributed by atoms with Crippen LogP contribution in [0.4, 0.5) is 0 Å². The van der Waals surface area contributed by atoms with E-state index < -0.39 is 11.5 Å². The highest BCUT2D eigenvalue weighted by atomic mass is 16.4. The molecule has 2 aromatic rings. The van der Waals surface area contributed by atoms with Gasteiger partial charge in [-0.15, -0.1) is 0 Å². The van der Waals surface area contributed by atoms with Gasteiger partial charge in [-0.05, 0) is 11.0 Å². The summed E-state index contributed by atoms with van der Waals surface area (Å²) in [7, 11) is 0. The van der Waals surface area contributed by atoms with Gasteiger partial charge in [-0.1, -0.05) is 45.0 Å². The standard InChI is InChI=1S/C15H16N2O3/c1-15(2,3)10-6-4-9(5-7-10)12-16-8-11(14(19)20)13(18)17-12/h4-8H,1-3H3,(H,19,20)(H,16,17,18). The molecule has 0 aliphatic rings. The third-order valence-electron chi connectivity index (χ3n) is 3.05. The summed E-state index contributed by atoms with van der Waals surface area (Å²) >= 11 is 0. The van der Waals surface area contributed by atoms with Crippen molar-refractivity contribution in [2.75, 3.05) is 0 Å². The number of H-pyrrole nitrogens is 1. The number of aromatic amines is 1. The number of carbonyl (C=O) groups is 1. The van der Waals surface area contributed by atoms with Crippen LogP contribution in [0.3, 0.4) is 0 Å². The molecule has 20 heavy (non-hydrogen) atoms. The summed E-state index contributed by atoms with van der Waals surface area (Å²) in [5.41, 5.74) is 0.951. The molecule has 0 bridgehead atoms. The zero-order valence-corrected chi connectivity index (χ0v) is 11.6. The molecule has 0 saturated heterocycles. The number of carboxylic acid groups (broad SMARTS) is 1. The molecule has 0 aliphatic carbocycles. The minimum absolute atomic E-state index is 0.0481. The number of aromatic nitrogens is 2. The van der Waals surface area contributed by atoms with Gasteiger partial charge in [-0.2, -0.15) is 0 Å². The van der Waals surface area contributed by atoms with Gasteiger partial charge in [0.05, 0.1) is 0 Å². The molecule has 1 heterocycles. The van der Waals surface area contributed by atoms with Crippen molar-refractivity contribution in [3.63, 3.8) is 0 Å². The number of hydrogen-bond acceptors (Lipinski definition) is 3.